The second-order valence-electron chi connectivity index (χ2n) is 7.00. The summed E-state index contributed by atoms with van der Waals surface area (Å²) in [5, 5.41) is 3.25. The van der Waals surface area contributed by atoms with E-state index in [1.807, 2.05) is 4.90 Å². The Kier molecular flexibility index (Phi) is 6.96. The Hall–Kier alpha value is -0.810. The largest absolute Gasteiger partial charge is 0.382 e. The van der Waals surface area contributed by atoms with Crippen LogP contribution >= 0.6 is 0 Å². The molecule has 1 saturated carbocycles. The van der Waals surface area contributed by atoms with Crippen molar-refractivity contribution in [3.05, 3.63) is 0 Å². The van der Waals surface area contributed by atoms with Crippen molar-refractivity contribution in [2.24, 2.45) is 11.8 Å². The van der Waals surface area contributed by atoms with E-state index in [0.717, 1.165) is 38.3 Å². The molecule has 2 amide bonds. The molecular formula is C17H32N2O3. The first kappa shape index (κ1) is 17.5. The minimum Gasteiger partial charge on any atom is -0.382 e. The standard InChI is InChI=1S/C17H32N2O3/c1-13-4-5-16(14(2)12-13)18-17(20)19-8-6-15(7-9-19)22-11-10-21-3/h13-16H,4-12H2,1-3H3,(H,18,20)/t13-,14-,16+/m0/s1. The number of likely N-dealkylation sites (tertiary alicyclic amines) is 1. The molecule has 5 nitrogen and oxygen atoms in total. The lowest BCUT2D eigenvalue weighted by molar-refractivity contribution is -0.00949. The number of carbonyl (C=O) groups is 1. The number of methoxy groups -OCH3 is 1. The highest BCUT2D eigenvalue weighted by Gasteiger charge is 2.29. The van der Waals surface area contributed by atoms with Gasteiger partial charge in [-0.25, -0.2) is 4.79 Å². The van der Waals surface area contributed by atoms with Gasteiger partial charge in [0.2, 0.25) is 0 Å². The molecule has 128 valence electrons. The normalized spacial score (nSPS) is 30.3. The van der Waals surface area contributed by atoms with Crippen LogP contribution in [0.3, 0.4) is 0 Å². The molecule has 0 aromatic rings. The van der Waals surface area contributed by atoms with Crippen LogP contribution in [0.15, 0.2) is 0 Å². The van der Waals surface area contributed by atoms with Crippen LogP contribution in [0, 0.1) is 11.8 Å². The first-order valence-corrected chi connectivity index (χ1v) is 8.76. The van der Waals surface area contributed by atoms with Crippen LogP contribution in [-0.2, 0) is 9.47 Å². The minimum absolute atomic E-state index is 0.113. The zero-order valence-corrected chi connectivity index (χ0v) is 14.3. The molecule has 1 aliphatic heterocycles. The number of rotatable bonds is 5. The summed E-state index contributed by atoms with van der Waals surface area (Å²) in [6.07, 6.45) is 5.69. The Morgan fingerprint density at radius 1 is 1.14 bits per heavy atom. The average molecular weight is 312 g/mol. The number of nitrogens with zero attached hydrogens (tertiary/aromatic N) is 1. The van der Waals surface area contributed by atoms with Gasteiger partial charge < -0.3 is 19.7 Å². The summed E-state index contributed by atoms with van der Waals surface area (Å²) < 4.78 is 10.7. The van der Waals surface area contributed by atoms with E-state index in [-0.39, 0.29) is 12.1 Å². The van der Waals surface area contributed by atoms with Crippen molar-refractivity contribution in [3.8, 4) is 0 Å². The Morgan fingerprint density at radius 3 is 2.50 bits per heavy atom. The Balaban J connectivity index is 1.69. The molecule has 1 aliphatic carbocycles. The van der Waals surface area contributed by atoms with Gasteiger partial charge in [0.15, 0.2) is 0 Å². The van der Waals surface area contributed by atoms with Gasteiger partial charge in [-0.1, -0.05) is 13.8 Å². The van der Waals surface area contributed by atoms with Crippen LogP contribution in [0.5, 0.6) is 0 Å². The molecule has 0 bridgehead atoms. The van der Waals surface area contributed by atoms with Crippen molar-refractivity contribution in [1.29, 1.82) is 0 Å². The third-order valence-corrected chi connectivity index (χ3v) is 5.11. The summed E-state index contributed by atoms with van der Waals surface area (Å²) in [7, 11) is 1.68. The number of piperidine rings is 1. The zero-order valence-electron chi connectivity index (χ0n) is 14.3. The minimum atomic E-state index is 0.113. The predicted molar refractivity (Wildman–Crippen MR) is 86.9 cm³/mol. The molecule has 3 atom stereocenters. The summed E-state index contributed by atoms with van der Waals surface area (Å²) >= 11 is 0. The third kappa shape index (κ3) is 5.13. The second kappa shape index (κ2) is 8.73. The number of urea groups is 1. The molecule has 0 aromatic carbocycles. The van der Waals surface area contributed by atoms with Gasteiger partial charge in [-0.2, -0.15) is 0 Å². The van der Waals surface area contributed by atoms with Crippen molar-refractivity contribution in [2.45, 2.75) is 58.1 Å². The number of nitrogens with one attached hydrogen (secondary N) is 1. The van der Waals surface area contributed by atoms with E-state index in [9.17, 15) is 4.79 Å². The van der Waals surface area contributed by atoms with Crippen molar-refractivity contribution < 1.29 is 14.3 Å². The maximum atomic E-state index is 12.4. The summed E-state index contributed by atoms with van der Waals surface area (Å²) in [6, 6.07) is 0.459. The predicted octanol–water partition coefficient (Wildman–Crippen LogP) is 2.65. The molecule has 1 heterocycles. The molecule has 2 aliphatic rings. The van der Waals surface area contributed by atoms with E-state index in [0.29, 0.717) is 25.2 Å². The van der Waals surface area contributed by atoms with Crippen LogP contribution in [0.1, 0.15) is 46.0 Å². The third-order valence-electron chi connectivity index (χ3n) is 5.11. The molecule has 0 unspecified atom stereocenters. The number of carbonyl (C=O) groups excluding carboxylic acids is 1. The van der Waals surface area contributed by atoms with E-state index < -0.39 is 0 Å². The van der Waals surface area contributed by atoms with E-state index in [1.165, 1.54) is 12.8 Å². The Morgan fingerprint density at radius 2 is 1.86 bits per heavy atom. The Bertz CT molecular complexity index is 343. The van der Waals surface area contributed by atoms with Crippen LogP contribution in [0.2, 0.25) is 0 Å². The summed E-state index contributed by atoms with van der Waals surface area (Å²) in [5.74, 6) is 1.38. The lowest BCUT2D eigenvalue weighted by Gasteiger charge is -2.37. The topological polar surface area (TPSA) is 50.8 Å². The SMILES string of the molecule is COCCOC1CCN(C(=O)N[C@@H]2CC[C@H](C)C[C@@H]2C)CC1. The molecule has 2 rings (SSSR count). The molecule has 0 radical (unpaired) electrons. The monoisotopic (exact) mass is 312 g/mol. The smallest absolute Gasteiger partial charge is 0.317 e. The summed E-state index contributed by atoms with van der Waals surface area (Å²) in [5.41, 5.74) is 0. The number of amides is 2. The fourth-order valence-electron chi connectivity index (χ4n) is 3.65. The lowest BCUT2D eigenvalue weighted by atomic mass is 9.80. The fourth-order valence-corrected chi connectivity index (χ4v) is 3.65. The first-order chi connectivity index (χ1) is 10.6. The van der Waals surface area contributed by atoms with E-state index in [1.54, 1.807) is 7.11 Å². The zero-order chi connectivity index (χ0) is 15.9. The van der Waals surface area contributed by atoms with Crippen molar-refractivity contribution in [3.63, 3.8) is 0 Å². The molecule has 2 fully saturated rings. The molecule has 22 heavy (non-hydrogen) atoms. The van der Waals surface area contributed by atoms with Crippen molar-refractivity contribution in [2.75, 3.05) is 33.4 Å². The summed E-state index contributed by atoms with van der Waals surface area (Å²) in [4.78, 5) is 14.4. The van der Waals surface area contributed by atoms with Gasteiger partial charge >= 0.3 is 6.03 Å². The molecule has 1 N–H and O–H groups in total. The van der Waals surface area contributed by atoms with E-state index >= 15 is 0 Å². The van der Waals surface area contributed by atoms with E-state index in [2.05, 4.69) is 19.2 Å². The number of ether oxygens (including phenoxy) is 2. The average Bonchev–Trinajstić information content (AvgIpc) is 2.51. The van der Waals surface area contributed by atoms with Gasteiger partial charge in [-0.15, -0.1) is 0 Å². The van der Waals surface area contributed by atoms with Crippen molar-refractivity contribution in [1.82, 2.24) is 10.2 Å². The number of hydrogen-bond donors (Lipinski definition) is 1. The lowest BCUT2D eigenvalue weighted by Crippen LogP contribution is -2.51. The van der Waals surface area contributed by atoms with Crippen LogP contribution in [0.25, 0.3) is 0 Å². The number of hydrogen-bond acceptors (Lipinski definition) is 3. The van der Waals surface area contributed by atoms with Gasteiger partial charge in [0, 0.05) is 26.2 Å². The molecule has 0 spiro atoms. The highest BCUT2D eigenvalue weighted by atomic mass is 16.5. The highest BCUT2D eigenvalue weighted by molar-refractivity contribution is 5.74. The molecule has 5 heteroatoms. The van der Waals surface area contributed by atoms with Gasteiger partial charge in [0.05, 0.1) is 19.3 Å². The van der Waals surface area contributed by atoms with Crippen LogP contribution in [-0.4, -0.2) is 56.5 Å². The molecular weight excluding hydrogens is 280 g/mol. The highest BCUT2D eigenvalue weighted by Crippen LogP contribution is 2.28. The fraction of sp³-hybridized carbons (Fsp3) is 0.941. The van der Waals surface area contributed by atoms with Gasteiger partial charge in [0.1, 0.15) is 0 Å². The quantitative estimate of drug-likeness (QED) is 0.794. The molecule has 1 saturated heterocycles. The van der Waals surface area contributed by atoms with E-state index in [4.69, 9.17) is 9.47 Å². The second-order valence-corrected chi connectivity index (χ2v) is 7.00. The Labute approximate surface area is 134 Å². The maximum Gasteiger partial charge on any atom is 0.317 e. The summed E-state index contributed by atoms with van der Waals surface area (Å²) in [6.45, 7) is 7.44. The van der Waals surface area contributed by atoms with Crippen LogP contribution < -0.4 is 5.32 Å². The van der Waals surface area contributed by atoms with Gasteiger partial charge in [0.25, 0.3) is 0 Å². The van der Waals surface area contributed by atoms with Gasteiger partial charge in [-0.3, -0.25) is 0 Å². The van der Waals surface area contributed by atoms with Crippen molar-refractivity contribution >= 4 is 6.03 Å². The van der Waals surface area contributed by atoms with Gasteiger partial charge in [-0.05, 0) is 43.9 Å². The van der Waals surface area contributed by atoms with Crippen LogP contribution in [0.4, 0.5) is 4.79 Å². The molecule has 0 aromatic heterocycles. The first-order valence-electron chi connectivity index (χ1n) is 8.76. The maximum absolute atomic E-state index is 12.4.